The van der Waals surface area contributed by atoms with E-state index in [1.165, 1.54) is 23.3 Å². The van der Waals surface area contributed by atoms with E-state index in [0.29, 0.717) is 19.5 Å². The van der Waals surface area contributed by atoms with Gasteiger partial charge in [0.1, 0.15) is 11.7 Å². The maximum Gasteiger partial charge on any atom is 0.223 e. The molecule has 0 N–H and O–H groups in total. The molecule has 0 bridgehead atoms. The van der Waals surface area contributed by atoms with Gasteiger partial charge < -0.3 is 4.90 Å². The van der Waals surface area contributed by atoms with E-state index in [-0.39, 0.29) is 17.8 Å². The second-order valence-electron chi connectivity index (χ2n) is 7.51. The molecule has 5 heteroatoms. The van der Waals surface area contributed by atoms with Crippen LogP contribution in [0.25, 0.3) is 11.1 Å². The van der Waals surface area contributed by atoms with Crippen molar-refractivity contribution >= 4 is 18.0 Å². The summed E-state index contributed by atoms with van der Waals surface area (Å²) in [6, 6.07) is 13.0. The van der Waals surface area contributed by atoms with Crippen LogP contribution >= 0.6 is 0 Å². The van der Waals surface area contributed by atoms with Crippen molar-refractivity contribution in [3.8, 4) is 11.1 Å². The second-order valence-corrected chi connectivity index (χ2v) is 7.51. The number of fused-ring (bicyclic) bond motifs is 1. The van der Waals surface area contributed by atoms with Gasteiger partial charge in [0, 0.05) is 32.1 Å². The fourth-order valence-electron chi connectivity index (χ4n) is 3.88. The Labute approximate surface area is 164 Å². The Hall–Kier alpha value is -2.82. The standard InChI is InChI=1S/C23H24FN3O/c1-16-25-12-11-22(26-16)3-2-4-23(28)27-14-19-6-5-18(13-20(19)15-27)17-7-9-21(24)10-8-17/h5-10,12-13,22H,2-4,11,14-15H2,1H3. The van der Waals surface area contributed by atoms with E-state index in [2.05, 4.69) is 22.1 Å². The number of hydrogen-bond acceptors (Lipinski definition) is 3. The van der Waals surface area contributed by atoms with Crippen molar-refractivity contribution in [1.29, 1.82) is 0 Å². The largest absolute Gasteiger partial charge is 0.334 e. The van der Waals surface area contributed by atoms with Crippen LogP contribution in [0.2, 0.25) is 0 Å². The van der Waals surface area contributed by atoms with Gasteiger partial charge in [0.15, 0.2) is 0 Å². The van der Waals surface area contributed by atoms with Crippen molar-refractivity contribution in [1.82, 2.24) is 4.90 Å². The Morgan fingerprint density at radius 1 is 1.11 bits per heavy atom. The van der Waals surface area contributed by atoms with Crippen LogP contribution < -0.4 is 0 Å². The predicted molar refractivity (Wildman–Crippen MR) is 110 cm³/mol. The summed E-state index contributed by atoms with van der Waals surface area (Å²) in [5, 5.41) is 0. The molecule has 28 heavy (non-hydrogen) atoms. The number of benzene rings is 2. The van der Waals surface area contributed by atoms with Gasteiger partial charge in [-0.15, -0.1) is 0 Å². The van der Waals surface area contributed by atoms with E-state index in [0.717, 1.165) is 36.2 Å². The van der Waals surface area contributed by atoms with Crippen LogP contribution in [0.4, 0.5) is 4.39 Å². The van der Waals surface area contributed by atoms with Crippen LogP contribution in [0.3, 0.4) is 0 Å². The molecule has 0 aromatic heterocycles. The summed E-state index contributed by atoms with van der Waals surface area (Å²) in [6.07, 6.45) is 5.12. The van der Waals surface area contributed by atoms with Crippen LogP contribution in [0.5, 0.6) is 0 Å². The molecule has 2 aromatic carbocycles. The Kier molecular flexibility index (Phi) is 5.33. The van der Waals surface area contributed by atoms with Crippen molar-refractivity contribution in [2.75, 3.05) is 0 Å². The number of nitrogens with zero attached hydrogens (tertiary/aromatic N) is 3. The maximum absolute atomic E-state index is 13.1. The van der Waals surface area contributed by atoms with E-state index in [4.69, 9.17) is 0 Å². The van der Waals surface area contributed by atoms with Gasteiger partial charge in [0.2, 0.25) is 5.91 Å². The zero-order chi connectivity index (χ0) is 19.5. The third-order valence-corrected chi connectivity index (χ3v) is 5.41. The maximum atomic E-state index is 13.1. The zero-order valence-corrected chi connectivity index (χ0v) is 16.1. The highest BCUT2D eigenvalue weighted by atomic mass is 19.1. The Morgan fingerprint density at radius 2 is 1.86 bits per heavy atom. The van der Waals surface area contributed by atoms with Crippen LogP contribution in [-0.2, 0) is 17.9 Å². The number of amides is 1. The number of carbonyl (C=O) groups is 1. The molecule has 0 spiro atoms. The Balaban J connectivity index is 1.33. The van der Waals surface area contributed by atoms with Crippen LogP contribution in [0, 0.1) is 5.82 Å². The molecule has 0 saturated heterocycles. The first-order valence-electron chi connectivity index (χ1n) is 9.81. The molecular formula is C23H24FN3O. The summed E-state index contributed by atoms with van der Waals surface area (Å²) in [6.45, 7) is 3.23. The summed E-state index contributed by atoms with van der Waals surface area (Å²) in [5.74, 6) is 0.794. The van der Waals surface area contributed by atoms with Gasteiger partial charge in [-0.05, 0) is 60.2 Å². The lowest BCUT2D eigenvalue weighted by Gasteiger charge is -2.17. The molecule has 4 rings (SSSR count). The monoisotopic (exact) mass is 377 g/mol. The number of hydrogen-bond donors (Lipinski definition) is 0. The molecule has 0 radical (unpaired) electrons. The topological polar surface area (TPSA) is 45.0 Å². The molecule has 144 valence electrons. The second kappa shape index (κ2) is 8.05. The highest BCUT2D eigenvalue weighted by Crippen LogP contribution is 2.29. The molecule has 1 unspecified atom stereocenters. The summed E-state index contributed by atoms with van der Waals surface area (Å²) in [7, 11) is 0. The van der Waals surface area contributed by atoms with Crippen molar-refractivity contribution in [3.05, 3.63) is 59.4 Å². The lowest BCUT2D eigenvalue weighted by molar-refractivity contribution is -0.131. The number of halogens is 1. The summed E-state index contributed by atoms with van der Waals surface area (Å²) < 4.78 is 13.1. The number of amidine groups is 1. The lowest BCUT2D eigenvalue weighted by atomic mass is 10.0. The molecule has 2 aromatic rings. The molecule has 0 saturated carbocycles. The minimum Gasteiger partial charge on any atom is -0.334 e. The predicted octanol–water partition coefficient (Wildman–Crippen LogP) is 4.77. The van der Waals surface area contributed by atoms with Gasteiger partial charge in [-0.1, -0.05) is 24.3 Å². The van der Waals surface area contributed by atoms with Gasteiger partial charge in [-0.25, -0.2) is 9.38 Å². The molecule has 1 atom stereocenters. The first-order chi connectivity index (χ1) is 13.6. The van der Waals surface area contributed by atoms with E-state index >= 15 is 0 Å². The molecule has 0 fully saturated rings. The summed E-state index contributed by atoms with van der Waals surface area (Å²) >= 11 is 0. The first-order valence-corrected chi connectivity index (χ1v) is 9.81. The van der Waals surface area contributed by atoms with Crippen molar-refractivity contribution < 1.29 is 9.18 Å². The fourth-order valence-corrected chi connectivity index (χ4v) is 3.88. The highest BCUT2D eigenvalue weighted by Gasteiger charge is 2.23. The number of aliphatic imine (C=N–C) groups is 2. The average molecular weight is 377 g/mol. The molecular weight excluding hydrogens is 353 g/mol. The molecule has 4 nitrogen and oxygen atoms in total. The average Bonchev–Trinajstić information content (AvgIpc) is 3.12. The van der Waals surface area contributed by atoms with Gasteiger partial charge >= 0.3 is 0 Å². The van der Waals surface area contributed by atoms with Crippen LogP contribution in [-0.4, -0.2) is 28.9 Å². The van der Waals surface area contributed by atoms with Crippen molar-refractivity contribution in [3.63, 3.8) is 0 Å². The minimum absolute atomic E-state index is 0.199. The van der Waals surface area contributed by atoms with E-state index in [9.17, 15) is 9.18 Å². The number of rotatable bonds is 5. The summed E-state index contributed by atoms with van der Waals surface area (Å²) in [5.41, 5.74) is 4.42. The third kappa shape index (κ3) is 4.19. The van der Waals surface area contributed by atoms with E-state index < -0.39 is 0 Å². The molecule has 2 aliphatic heterocycles. The zero-order valence-electron chi connectivity index (χ0n) is 16.1. The fraction of sp³-hybridized carbons (Fsp3) is 0.348. The number of carbonyl (C=O) groups excluding carboxylic acids is 1. The lowest BCUT2D eigenvalue weighted by Crippen LogP contribution is -2.25. The van der Waals surface area contributed by atoms with Gasteiger partial charge in [0.25, 0.3) is 0 Å². The highest BCUT2D eigenvalue weighted by molar-refractivity contribution is 5.89. The van der Waals surface area contributed by atoms with Crippen LogP contribution in [0.15, 0.2) is 52.4 Å². The minimum atomic E-state index is -0.233. The molecule has 2 heterocycles. The Morgan fingerprint density at radius 3 is 2.64 bits per heavy atom. The smallest absolute Gasteiger partial charge is 0.223 e. The third-order valence-electron chi connectivity index (χ3n) is 5.41. The normalized spacial score (nSPS) is 18.1. The quantitative estimate of drug-likeness (QED) is 0.740. The Bertz CT molecular complexity index is 933. The van der Waals surface area contributed by atoms with Gasteiger partial charge in [-0.2, -0.15) is 0 Å². The van der Waals surface area contributed by atoms with Crippen molar-refractivity contribution in [2.24, 2.45) is 9.98 Å². The summed E-state index contributed by atoms with van der Waals surface area (Å²) in [4.78, 5) is 23.3. The van der Waals surface area contributed by atoms with Crippen LogP contribution in [0.1, 0.15) is 43.7 Å². The van der Waals surface area contributed by atoms with Crippen molar-refractivity contribution in [2.45, 2.75) is 51.7 Å². The van der Waals surface area contributed by atoms with Gasteiger partial charge in [0.05, 0.1) is 6.04 Å². The SMILES string of the molecule is CC1=NC(CCCC(=O)N2Cc3ccc(-c4ccc(F)cc4)cc3C2)CC=N1. The van der Waals surface area contributed by atoms with Gasteiger partial charge in [-0.3, -0.25) is 9.79 Å². The first kappa shape index (κ1) is 18.5. The molecule has 2 aliphatic rings. The van der Waals surface area contributed by atoms with E-state index in [1.807, 2.05) is 24.1 Å². The molecule has 1 amide bonds. The van der Waals surface area contributed by atoms with E-state index in [1.54, 1.807) is 12.1 Å². The molecule has 0 aliphatic carbocycles.